The molecule has 0 bridgehead atoms. The van der Waals surface area contributed by atoms with Gasteiger partial charge in [0.15, 0.2) is 11.6 Å². The monoisotopic (exact) mass is 1010 g/mol. The van der Waals surface area contributed by atoms with Crippen molar-refractivity contribution in [2.75, 3.05) is 41.4 Å². The number of nitrogens with zero attached hydrogens (tertiary/aromatic N) is 4. The summed E-state index contributed by atoms with van der Waals surface area (Å²) < 4.78 is 10.7. The highest BCUT2D eigenvalue weighted by Gasteiger charge is 2.26. The standard InChI is InChI=1S/C46H41Cl5N8O8/c1-24(60)41(58-56-35-20-29(7-10-32(35)50)43(62)54-37-17-26(22-48)5-13-39(37)66-3)45(64)52-31-9-12-34(28(19-31)15-16-47)53-46(65)42(25(2)61)59-57-36-21-30(8-11-33(36)51)44(63)55-38-18-27(23-49)6-14-40(38)67-4/h5-14,17-21,41-42H,15-16,22-23H2,1-4H3,(H,52,64)(H,53,65)(H,54,62)(H,55,63). The number of ether oxygens (including phenoxy) is 2. The molecule has 2 unspecified atom stereocenters. The average molecular weight is 1010 g/mol. The fraction of sp³-hybridized carbons (Fsp3) is 0.217. The van der Waals surface area contributed by atoms with Crippen LogP contribution in [0.3, 0.4) is 0 Å². The van der Waals surface area contributed by atoms with E-state index in [0.29, 0.717) is 28.4 Å². The van der Waals surface area contributed by atoms with E-state index in [1.165, 1.54) is 68.8 Å². The number of Topliss-reactive ketones (excluding diaryl/α,β-unsaturated/α-hetero) is 2. The summed E-state index contributed by atoms with van der Waals surface area (Å²) in [5, 5.41) is 27.1. The highest BCUT2D eigenvalue weighted by molar-refractivity contribution is 6.33. The minimum Gasteiger partial charge on any atom is -0.495 e. The average Bonchev–Trinajstić information content (AvgIpc) is 3.30. The van der Waals surface area contributed by atoms with Crippen LogP contribution in [-0.2, 0) is 37.4 Å². The Labute approximate surface area is 409 Å². The lowest BCUT2D eigenvalue weighted by atomic mass is 10.1. The number of anilines is 4. The van der Waals surface area contributed by atoms with Crippen molar-refractivity contribution in [3.8, 4) is 11.5 Å². The zero-order chi connectivity index (χ0) is 48.8. The number of rotatable bonds is 20. The van der Waals surface area contributed by atoms with Crippen LogP contribution in [0.1, 0.15) is 51.3 Å². The molecule has 21 heteroatoms. The predicted octanol–water partition coefficient (Wildman–Crippen LogP) is 11.1. The van der Waals surface area contributed by atoms with Crippen molar-refractivity contribution in [1.82, 2.24) is 0 Å². The second-order valence-electron chi connectivity index (χ2n) is 14.3. The Kier molecular flexibility index (Phi) is 18.8. The Hall–Kier alpha value is -6.43. The Balaban J connectivity index is 1.29. The lowest BCUT2D eigenvalue weighted by Gasteiger charge is -2.15. The summed E-state index contributed by atoms with van der Waals surface area (Å²) in [4.78, 5) is 78.8. The number of hydrogen-bond acceptors (Lipinski definition) is 12. The van der Waals surface area contributed by atoms with Gasteiger partial charge in [-0.2, -0.15) is 20.5 Å². The van der Waals surface area contributed by atoms with Gasteiger partial charge in [-0.1, -0.05) is 35.3 Å². The van der Waals surface area contributed by atoms with Gasteiger partial charge in [0.1, 0.15) is 22.9 Å². The number of nitrogens with one attached hydrogen (secondary N) is 4. The van der Waals surface area contributed by atoms with E-state index in [1.54, 1.807) is 36.4 Å². The lowest BCUT2D eigenvalue weighted by molar-refractivity contribution is -0.127. The summed E-state index contributed by atoms with van der Waals surface area (Å²) in [7, 11) is 2.92. The molecule has 0 fully saturated rings. The summed E-state index contributed by atoms with van der Waals surface area (Å²) in [5.74, 6) is -2.74. The van der Waals surface area contributed by atoms with Crippen molar-refractivity contribution in [1.29, 1.82) is 0 Å². The summed E-state index contributed by atoms with van der Waals surface area (Å²) in [6.45, 7) is 2.31. The van der Waals surface area contributed by atoms with Gasteiger partial charge in [-0.3, -0.25) is 28.8 Å². The number of halogens is 5. The van der Waals surface area contributed by atoms with E-state index in [0.717, 1.165) is 25.0 Å². The molecule has 5 rings (SSSR count). The number of carbonyl (C=O) groups is 6. The molecule has 2 atom stereocenters. The second-order valence-corrected chi connectivity index (χ2v) is 16.1. The molecule has 0 aromatic heterocycles. The maximum Gasteiger partial charge on any atom is 0.258 e. The normalized spacial score (nSPS) is 12.0. The number of methoxy groups -OCH3 is 2. The molecule has 16 nitrogen and oxygen atoms in total. The Morgan fingerprint density at radius 3 is 1.43 bits per heavy atom. The number of amides is 4. The number of hydrogen-bond donors (Lipinski definition) is 4. The highest BCUT2D eigenvalue weighted by atomic mass is 35.5. The van der Waals surface area contributed by atoms with Gasteiger partial charge in [0.2, 0.25) is 12.1 Å². The number of carbonyl (C=O) groups excluding carboxylic acids is 6. The maximum atomic E-state index is 13.5. The third kappa shape index (κ3) is 13.8. The fourth-order valence-electron chi connectivity index (χ4n) is 6.11. The summed E-state index contributed by atoms with van der Waals surface area (Å²) in [5.41, 5.74) is 3.45. The first kappa shape index (κ1) is 51.6. The van der Waals surface area contributed by atoms with E-state index in [2.05, 4.69) is 41.7 Å². The van der Waals surface area contributed by atoms with E-state index in [1.807, 2.05) is 0 Å². The van der Waals surface area contributed by atoms with Crippen LogP contribution >= 0.6 is 58.0 Å². The Morgan fingerprint density at radius 1 is 0.552 bits per heavy atom. The van der Waals surface area contributed by atoms with E-state index in [9.17, 15) is 28.8 Å². The largest absolute Gasteiger partial charge is 0.495 e. The lowest BCUT2D eigenvalue weighted by Crippen LogP contribution is -2.32. The Bertz CT molecular complexity index is 2770. The fourth-order valence-corrected chi connectivity index (χ4v) is 6.96. The summed E-state index contributed by atoms with van der Waals surface area (Å²) in [6.07, 6.45) is 0.197. The molecule has 5 aromatic carbocycles. The third-order valence-corrected chi connectivity index (χ3v) is 11.0. The minimum absolute atomic E-state index is 0.00663. The van der Waals surface area contributed by atoms with Crippen molar-refractivity contribution in [3.05, 3.63) is 129 Å². The molecular formula is C46H41Cl5N8O8. The van der Waals surface area contributed by atoms with Gasteiger partial charge in [-0.05, 0) is 116 Å². The summed E-state index contributed by atoms with van der Waals surface area (Å²) >= 11 is 30.8. The topological polar surface area (TPSA) is 218 Å². The van der Waals surface area contributed by atoms with E-state index in [-0.39, 0.29) is 68.0 Å². The van der Waals surface area contributed by atoms with Crippen molar-refractivity contribution in [3.63, 3.8) is 0 Å². The molecule has 0 spiro atoms. The Morgan fingerprint density at radius 2 is 1.01 bits per heavy atom. The van der Waals surface area contributed by atoms with Crippen LogP contribution in [0.5, 0.6) is 11.5 Å². The van der Waals surface area contributed by atoms with E-state index in [4.69, 9.17) is 67.5 Å². The molecule has 67 heavy (non-hydrogen) atoms. The van der Waals surface area contributed by atoms with Crippen molar-refractivity contribution >= 4 is 127 Å². The summed E-state index contributed by atoms with van der Waals surface area (Å²) in [6, 6.07) is 19.8. The number of alkyl halides is 3. The zero-order valence-electron chi connectivity index (χ0n) is 36.1. The van der Waals surface area contributed by atoms with Crippen molar-refractivity contribution in [2.24, 2.45) is 20.5 Å². The van der Waals surface area contributed by atoms with Gasteiger partial charge in [0, 0.05) is 40.1 Å². The van der Waals surface area contributed by atoms with Gasteiger partial charge >= 0.3 is 0 Å². The molecule has 0 aliphatic heterocycles. The van der Waals surface area contributed by atoms with Gasteiger partial charge in [0.25, 0.3) is 23.6 Å². The quantitative estimate of drug-likeness (QED) is 0.0333. The van der Waals surface area contributed by atoms with Gasteiger partial charge in [-0.15, -0.1) is 34.8 Å². The molecule has 4 amide bonds. The van der Waals surface area contributed by atoms with E-state index >= 15 is 0 Å². The van der Waals surface area contributed by atoms with Gasteiger partial charge in [-0.25, -0.2) is 0 Å². The number of benzene rings is 5. The van der Waals surface area contributed by atoms with Crippen LogP contribution in [0.15, 0.2) is 111 Å². The number of azo groups is 2. The third-order valence-electron chi connectivity index (χ3n) is 9.57. The molecular weight excluding hydrogens is 970 g/mol. The molecule has 0 saturated carbocycles. The minimum atomic E-state index is -1.64. The molecule has 0 heterocycles. The van der Waals surface area contributed by atoms with Crippen LogP contribution < -0.4 is 30.7 Å². The smallest absolute Gasteiger partial charge is 0.258 e. The molecule has 4 N–H and O–H groups in total. The second kappa shape index (κ2) is 24.4. The van der Waals surface area contributed by atoms with Gasteiger partial charge < -0.3 is 30.7 Å². The first-order valence-corrected chi connectivity index (χ1v) is 22.3. The van der Waals surface area contributed by atoms with Gasteiger partial charge in [0.05, 0.1) is 35.6 Å². The molecule has 0 aliphatic carbocycles. The molecule has 5 aromatic rings. The van der Waals surface area contributed by atoms with Crippen LogP contribution in [0, 0.1) is 0 Å². The first-order valence-electron chi connectivity index (χ1n) is 19.9. The van der Waals surface area contributed by atoms with Crippen LogP contribution in [-0.4, -0.2) is 67.4 Å². The zero-order valence-corrected chi connectivity index (χ0v) is 39.9. The van der Waals surface area contributed by atoms with E-state index < -0.39 is 47.3 Å². The maximum absolute atomic E-state index is 13.5. The SMILES string of the molecule is COc1ccc(CCl)cc1NC(=O)c1ccc(Cl)c(N=NC(C(C)=O)C(=O)Nc2ccc(NC(=O)C(N=Nc3cc(C(=O)Nc4cc(CCl)ccc4OC)ccc3Cl)C(C)=O)c(CCCl)c2)c1. The first-order chi connectivity index (χ1) is 32.1. The molecule has 348 valence electrons. The molecule has 0 radical (unpaired) electrons. The molecule has 0 aliphatic rings. The van der Waals surface area contributed by atoms with Crippen LogP contribution in [0.2, 0.25) is 10.0 Å². The number of ketones is 2. The number of aryl methyl sites for hydroxylation is 1. The highest BCUT2D eigenvalue weighted by Crippen LogP contribution is 2.32. The van der Waals surface area contributed by atoms with Crippen molar-refractivity contribution < 1.29 is 38.2 Å². The van der Waals surface area contributed by atoms with Crippen molar-refractivity contribution in [2.45, 2.75) is 44.1 Å². The van der Waals surface area contributed by atoms with Crippen LogP contribution in [0.25, 0.3) is 0 Å². The molecule has 0 saturated heterocycles. The van der Waals surface area contributed by atoms with Crippen LogP contribution in [0.4, 0.5) is 34.1 Å². The predicted molar refractivity (Wildman–Crippen MR) is 260 cm³/mol.